The number of benzene rings is 1. The number of hydrogen-bond donors (Lipinski definition) is 5. The molecule has 0 radical (unpaired) electrons. The number of aromatic nitrogens is 2. The van der Waals surface area contributed by atoms with Crippen molar-refractivity contribution in [1.82, 2.24) is 9.97 Å². The van der Waals surface area contributed by atoms with Crippen LogP contribution in [0.25, 0.3) is 10.8 Å². The Hall–Kier alpha value is -2.78. The van der Waals surface area contributed by atoms with E-state index in [0.29, 0.717) is 22.7 Å². The van der Waals surface area contributed by atoms with Crippen LogP contribution < -0.4 is 16.4 Å². The molecule has 9 heteroatoms. The van der Waals surface area contributed by atoms with Crippen molar-refractivity contribution in [2.45, 2.75) is 42.7 Å². The number of anilines is 3. The fourth-order valence-electron chi connectivity index (χ4n) is 3.78. The number of fused-ring (bicyclic) bond motifs is 1. The molecule has 1 saturated carbocycles. The van der Waals surface area contributed by atoms with Crippen LogP contribution >= 0.6 is 0 Å². The Kier molecular flexibility index (Phi) is 5.10. The van der Waals surface area contributed by atoms with Crippen molar-refractivity contribution >= 4 is 37.9 Å². The van der Waals surface area contributed by atoms with E-state index in [1.54, 1.807) is 30.5 Å². The standard InChI is InChI=1S/C20H25N5O3S/c1-29(27,28)14-6-4-5-13(10-14)23-19-18-12(11-22-20(18)26)9-17(25-19)24-16-8-3-2-7-15(16)21/h4-6,9-11,15-16,22,24,26H,2-3,7-8,21H2,1H3,(H,23,25)/t15-,16+/m0/s1. The minimum Gasteiger partial charge on any atom is -0.494 e. The molecule has 0 saturated heterocycles. The number of pyridine rings is 1. The molecule has 0 bridgehead atoms. The topological polar surface area (TPSA) is 133 Å². The summed E-state index contributed by atoms with van der Waals surface area (Å²) in [6, 6.07) is 8.58. The van der Waals surface area contributed by atoms with E-state index in [9.17, 15) is 13.5 Å². The van der Waals surface area contributed by atoms with Gasteiger partial charge in [0, 0.05) is 35.6 Å². The highest BCUT2D eigenvalue weighted by Gasteiger charge is 2.23. The second kappa shape index (κ2) is 7.57. The molecule has 29 heavy (non-hydrogen) atoms. The second-order valence-corrected chi connectivity index (χ2v) is 9.60. The van der Waals surface area contributed by atoms with Crippen molar-refractivity contribution in [3.63, 3.8) is 0 Å². The molecule has 3 aromatic rings. The number of hydrogen-bond acceptors (Lipinski definition) is 7. The highest BCUT2D eigenvalue weighted by Crippen LogP contribution is 2.34. The fourth-order valence-corrected chi connectivity index (χ4v) is 4.45. The average Bonchev–Trinajstić information content (AvgIpc) is 3.04. The Morgan fingerprint density at radius 3 is 2.79 bits per heavy atom. The Morgan fingerprint density at radius 1 is 1.24 bits per heavy atom. The molecule has 1 aliphatic carbocycles. The van der Waals surface area contributed by atoms with Crippen LogP contribution in [0.3, 0.4) is 0 Å². The van der Waals surface area contributed by atoms with Gasteiger partial charge in [-0.2, -0.15) is 0 Å². The Morgan fingerprint density at radius 2 is 2.03 bits per heavy atom. The number of aromatic amines is 1. The third-order valence-electron chi connectivity index (χ3n) is 5.33. The van der Waals surface area contributed by atoms with E-state index in [2.05, 4.69) is 20.6 Å². The summed E-state index contributed by atoms with van der Waals surface area (Å²) >= 11 is 0. The molecule has 154 valence electrons. The van der Waals surface area contributed by atoms with Crippen LogP contribution in [-0.2, 0) is 9.84 Å². The molecule has 1 aliphatic rings. The zero-order valence-corrected chi connectivity index (χ0v) is 17.0. The van der Waals surface area contributed by atoms with Gasteiger partial charge in [-0.25, -0.2) is 13.4 Å². The predicted molar refractivity (Wildman–Crippen MR) is 114 cm³/mol. The first-order chi connectivity index (χ1) is 13.8. The highest BCUT2D eigenvalue weighted by atomic mass is 32.2. The van der Waals surface area contributed by atoms with Crippen LogP contribution in [0.15, 0.2) is 41.4 Å². The lowest BCUT2D eigenvalue weighted by molar-refractivity contribution is 0.403. The number of rotatable bonds is 5. The lowest BCUT2D eigenvalue weighted by Gasteiger charge is -2.29. The second-order valence-electron chi connectivity index (χ2n) is 7.58. The summed E-state index contributed by atoms with van der Waals surface area (Å²) in [5.41, 5.74) is 6.82. The molecule has 0 aliphatic heterocycles. The summed E-state index contributed by atoms with van der Waals surface area (Å²) in [5.74, 6) is 1.08. The number of nitrogens with one attached hydrogen (secondary N) is 3. The molecule has 8 nitrogen and oxygen atoms in total. The molecule has 2 atom stereocenters. The van der Waals surface area contributed by atoms with Gasteiger partial charge in [0.2, 0.25) is 0 Å². The van der Waals surface area contributed by atoms with Gasteiger partial charge in [-0.3, -0.25) is 0 Å². The van der Waals surface area contributed by atoms with Gasteiger partial charge in [0.05, 0.1) is 10.3 Å². The van der Waals surface area contributed by atoms with Crippen LogP contribution in [-0.4, -0.2) is 41.8 Å². The smallest absolute Gasteiger partial charge is 0.200 e. The molecule has 1 fully saturated rings. The van der Waals surface area contributed by atoms with Crippen molar-refractivity contribution in [2.24, 2.45) is 5.73 Å². The Bertz CT molecular complexity index is 1140. The molecule has 0 unspecified atom stereocenters. The number of nitrogens with two attached hydrogens (primary N) is 1. The molecule has 1 aromatic carbocycles. The van der Waals surface area contributed by atoms with Crippen molar-refractivity contribution in [2.75, 3.05) is 16.9 Å². The maximum atomic E-state index is 11.9. The molecule has 2 aromatic heterocycles. The Labute approximate surface area is 169 Å². The first-order valence-corrected chi connectivity index (χ1v) is 11.5. The first-order valence-electron chi connectivity index (χ1n) is 9.61. The summed E-state index contributed by atoms with van der Waals surface area (Å²) < 4.78 is 23.7. The van der Waals surface area contributed by atoms with Crippen LogP contribution in [0.4, 0.5) is 17.3 Å². The van der Waals surface area contributed by atoms with Gasteiger partial charge in [0.1, 0.15) is 11.6 Å². The number of aromatic hydroxyl groups is 1. The predicted octanol–water partition coefficient (Wildman–Crippen LogP) is 3.10. The van der Waals surface area contributed by atoms with E-state index in [0.717, 1.165) is 31.1 Å². The lowest BCUT2D eigenvalue weighted by atomic mass is 9.91. The zero-order chi connectivity index (χ0) is 20.6. The normalized spacial score (nSPS) is 19.9. The molecular formula is C20H25N5O3S. The maximum Gasteiger partial charge on any atom is 0.200 e. The van der Waals surface area contributed by atoms with Gasteiger partial charge < -0.3 is 26.5 Å². The summed E-state index contributed by atoms with van der Waals surface area (Å²) in [6.07, 6.45) is 7.10. The van der Waals surface area contributed by atoms with E-state index < -0.39 is 9.84 Å². The van der Waals surface area contributed by atoms with E-state index in [-0.39, 0.29) is 22.9 Å². The van der Waals surface area contributed by atoms with Crippen molar-refractivity contribution in [1.29, 1.82) is 0 Å². The van der Waals surface area contributed by atoms with Crippen molar-refractivity contribution in [3.8, 4) is 5.88 Å². The van der Waals surface area contributed by atoms with E-state index in [1.807, 2.05) is 6.07 Å². The summed E-state index contributed by atoms with van der Waals surface area (Å²) in [7, 11) is -3.33. The average molecular weight is 416 g/mol. The van der Waals surface area contributed by atoms with E-state index in [4.69, 9.17) is 5.73 Å². The van der Waals surface area contributed by atoms with Crippen LogP contribution in [0.5, 0.6) is 5.88 Å². The van der Waals surface area contributed by atoms with Gasteiger partial charge in [-0.15, -0.1) is 0 Å². The SMILES string of the molecule is CS(=O)(=O)c1cccc(Nc2nc(N[C@@H]3CCCC[C@@H]3N)cc3c[nH]c(O)c23)c1. The fraction of sp³-hybridized carbons (Fsp3) is 0.350. The number of H-pyrrole nitrogens is 1. The van der Waals surface area contributed by atoms with Gasteiger partial charge in [-0.05, 0) is 37.1 Å². The summed E-state index contributed by atoms with van der Waals surface area (Å²) in [6.45, 7) is 0. The minimum atomic E-state index is -3.33. The van der Waals surface area contributed by atoms with Gasteiger partial charge >= 0.3 is 0 Å². The quantitative estimate of drug-likeness (QED) is 0.432. The third-order valence-corrected chi connectivity index (χ3v) is 6.44. The summed E-state index contributed by atoms with van der Waals surface area (Å²) in [4.78, 5) is 7.66. The molecular weight excluding hydrogens is 390 g/mol. The van der Waals surface area contributed by atoms with Crippen molar-refractivity contribution < 1.29 is 13.5 Å². The monoisotopic (exact) mass is 415 g/mol. The van der Waals surface area contributed by atoms with Crippen molar-refractivity contribution in [3.05, 3.63) is 36.5 Å². The summed E-state index contributed by atoms with van der Waals surface area (Å²) in [5, 5.41) is 18.1. The Balaban J connectivity index is 1.70. The molecule has 0 spiro atoms. The molecule has 6 N–H and O–H groups in total. The van der Waals surface area contributed by atoms with Gasteiger partial charge in [0.15, 0.2) is 15.7 Å². The molecule has 2 heterocycles. The highest BCUT2D eigenvalue weighted by molar-refractivity contribution is 7.90. The largest absolute Gasteiger partial charge is 0.494 e. The number of nitrogens with zero attached hydrogens (tertiary/aromatic N) is 1. The first kappa shape index (κ1) is 19.5. The maximum absolute atomic E-state index is 11.9. The van der Waals surface area contributed by atoms with Gasteiger partial charge in [-0.1, -0.05) is 18.9 Å². The van der Waals surface area contributed by atoms with Crippen LogP contribution in [0.1, 0.15) is 25.7 Å². The zero-order valence-electron chi connectivity index (χ0n) is 16.1. The van der Waals surface area contributed by atoms with Crippen LogP contribution in [0, 0.1) is 0 Å². The minimum absolute atomic E-state index is 0.00446. The molecule has 0 amide bonds. The molecule has 4 rings (SSSR count). The van der Waals surface area contributed by atoms with E-state index >= 15 is 0 Å². The van der Waals surface area contributed by atoms with Gasteiger partial charge in [0.25, 0.3) is 0 Å². The van der Waals surface area contributed by atoms with Crippen LogP contribution in [0.2, 0.25) is 0 Å². The van der Waals surface area contributed by atoms with E-state index in [1.165, 1.54) is 6.26 Å². The third kappa shape index (κ3) is 4.15. The number of sulfone groups is 1. The lowest BCUT2D eigenvalue weighted by Crippen LogP contribution is -2.42.